The fourth-order valence-corrected chi connectivity index (χ4v) is 0.657. The van der Waals surface area contributed by atoms with Crippen LogP contribution in [-0.4, -0.2) is 0 Å². The van der Waals surface area contributed by atoms with Crippen molar-refractivity contribution in [3.05, 3.63) is 27.2 Å². The van der Waals surface area contributed by atoms with Crippen LogP contribution in [0.2, 0.25) is 0 Å². The van der Waals surface area contributed by atoms with E-state index in [1.54, 1.807) is 6.92 Å². The predicted molar refractivity (Wildman–Crippen MR) is 42.0 cm³/mol. The number of rotatable bonds is 2. The van der Waals surface area contributed by atoms with Gasteiger partial charge in [0.2, 0.25) is 0 Å². The molecule has 0 aliphatic heterocycles. The molecule has 58 valence electrons. The molecule has 10 heavy (non-hydrogen) atoms. The lowest BCUT2D eigenvalue weighted by atomic mass is 10.4. The molecule has 0 radical (unpaired) electrons. The summed E-state index contributed by atoms with van der Waals surface area (Å²) in [6.45, 7) is 1.60. The lowest BCUT2D eigenvalue weighted by molar-refractivity contribution is -0.515. The van der Waals surface area contributed by atoms with E-state index in [9.17, 15) is 5.21 Å². The largest absolute Gasteiger partial charge is 0.631 e. The lowest BCUT2D eigenvalue weighted by Gasteiger charge is -1.99. The zero-order valence-corrected chi connectivity index (χ0v) is 6.91. The first kappa shape index (κ1) is 9.78. The van der Waals surface area contributed by atoms with Crippen LogP contribution in [-0.2, 0) is 0 Å². The van der Waals surface area contributed by atoms with Crippen molar-refractivity contribution in [3.63, 3.8) is 0 Å². The van der Waals surface area contributed by atoms with Gasteiger partial charge in [0, 0.05) is 5.03 Å². The van der Waals surface area contributed by atoms with Crippen LogP contribution in [0.25, 0.3) is 0 Å². The molecule has 0 aliphatic carbocycles. The third-order valence-electron chi connectivity index (χ3n) is 0.843. The van der Waals surface area contributed by atoms with Gasteiger partial charge in [0.15, 0.2) is 0 Å². The number of hydrogen-bond acceptors (Lipinski definition) is 2. The molecule has 0 amide bonds. The quantitative estimate of drug-likeness (QED) is 0.485. The molecular formula is C5H8Cl2N2O. The van der Waals surface area contributed by atoms with Crippen molar-refractivity contribution >= 4 is 23.2 Å². The molecule has 0 saturated carbocycles. The van der Waals surface area contributed by atoms with Crippen LogP contribution in [0.4, 0.5) is 0 Å². The molecule has 3 nitrogen and oxygen atoms in total. The van der Waals surface area contributed by atoms with Crippen molar-refractivity contribution in [1.29, 1.82) is 0 Å². The van der Waals surface area contributed by atoms with Crippen LogP contribution in [0, 0.1) is 5.21 Å². The minimum Gasteiger partial charge on any atom is -0.631 e. The second-order valence-electron chi connectivity index (χ2n) is 1.60. The van der Waals surface area contributed by atoms with Gasteiger partial charge in [0.25, 0.3) is 0 Å². The van der Waals surface area contributed by atoms with Gasteiger partial charge >= 0.3 is 0 Å². The molecule has 0 aromatic carbocycles. The van der Waals surface area contributed by atoms with Crippen molar-refractivity contribution in [3.8, 4) is 0 Å². The Hall–Kier alpha value is -0.220. The van der Waals surface area contributed by atoms with Gasteiger partial charge in [-0.2, -0.15) is 0 Å². The van der Waals surface area contributed by atoms with E-state index >= 15 is 0 Å². The molecule has 0 rings (SSSR count). The standard InChI is InChI=1S/C5H8Cl2N2O/c1-3(6)5(8)4(7)2-9-10/h2H,8-9H2,1H3/b4-2+,5-3-. The minimum atomic E-state index is 0.169. The molecule has 0 bridgehead atoms. The van der Waals surface area contributed by atoms with E-state index in [0.29, 0.717) is 10.5 Å². The van der Waals surface area contributed by atoms with Gasteiger partial charge < -0.3 is 16.4 Å². The summed E-state index contributed by atoms with van der Waals surface area (Å²) in [5.41, 5.74) is 6.12. The van der Waals surface area contributed by atoms with Gasteiger partial charge in [-0.15, -0.1) is 0 Å². The van der Waals surface area contributed by atoms with E-state index in [1.165, 1.54) is 0 Å². The van der Waals surface area contributed by atoms with Gasteiger partial charge in [0.1, 0.15) is 11.2 Å². The number of nitrogens with two attached hydrogens (primary N) is 2. The van der Waals surface area contributed by atoms with Gasteiger partial charge in [0.05, 0.1) is 5.70 Å². The van der Waals surface area contributed by atoms with Crippen LogP contribution in [0.3, 0.4) is 0 Å². The molecule has 4 N–H and O–H groups in total. The van der Waals surface area contributed by atoms with Crippen molar-refractivity contribution in [2.75, 3.05) is 0 Å². The maximum atomic E-state index is 9.86. The third kappa shape index (κ3) is 3.08. The Morgan fingerprint density at radius 3 is 2.40 bits per heavy atom. The topological polar surface area (TPSA) is 65.7 Å². The molecule has 0 heterocycles. The third-order valence-corrected chi connectivity index (χ3v) is 1.38. The first-order chi connectivity index (χ1) is 4.59. The maximum Gasteiger partial charge on any atom is 0.118 e. The SMILES string of the molecule is C/C(Cl)=C(N)\C(Cl)=C/[NH2+][O-]. The van der Waals surface area contributed by atoms with E-state index in [2.05, 4.69) is 0 Å². The number of hydroxylamine groups is 1. The zero-order chi connectivity index (χ0) is 8.15. The van der Waals surface area contributed by atoms with Crippen LogP contribution in [0.15, 0.2) is 22.0 Å². The summed E-state index contributed by atoms with van der Waals surface area (Å²) < 4.78 is 0. The first-order valence-corrected chi connectivity index (χ1v) is 3.28. The molecule has 0 saturated heterocycles. The molecule has 0 atom stereocenters. The highest BCUT2D eigenvalue weighted by atomic mass is 35.5. The van der Waals surface area contributed by atoms with Crippen LogP contribution in [0.5, 0.6) is 0 Å². The Morgan fingerprint density at radius 2 is 2.10 bits per heavy atom. The van der Waals surface area contributed by atoms with Gasteiger partial charge in [-0.25, -0.2) is 0 Å². The summed E-state index contributed by atoms with van der Waals surface area (Å²) in [6.07, 6.45) is 1.14. The fourth-order valence-electron chi connectivity index (χ4n) is 0.314. The number of quaternary nitrogens is 1. The van der Waals surface area contributed by atoms with E-state index in [0.717, 1.165) is 6.20 Å². The monoisotopic (exact) mass is 182 g/mol. The molecule has 0 spiro atoms. The molecule has 0 aliphatic rings. The summed E-state index contributed by atoms with van der Waals surface area (Å²) >= 11 is 11.0. The lowest BCUT2D eigenvalue weighted by Crippen LogP contribution is -2.70. The number of halogens is 2. The van der Waals surface area contributed by atoms with E-state index in [4.69, 9.17) is 28.9 Å². The molecule has 5 heteroatoms. The van der Waals surface area contributed by atoms with Crippen molar-refractivity contribution in [2.24, 2.45) is 5.73 Å². The van der Waals surface area contributed by atoms with Gasteiger partial charge in [-0.1, -0.05) is 23.2 Å². The van der Waals surface area contributed by atoms with Crippen molar-refractivity contribution < 1.29 is 5.48 Å². The van der Waals surface area contributed by atoms with Gasteiger partial charge in [-0.3, -0.25) is 0 Å². The van der Waals surface area contributed by atoms with Crippen LogP contribution < -0.4 is 11.2 Å². The predicted octanol–water partition coefficient (Wildman–Crippen LogP) is 0.557. The van der Waals surface area contributed by atoms with Gasteiger partial charge in [-0.05, 0) is 6.92 Å². The highest BCUT2D eigenvalue weighted by Crippen LogP contribution is 2.13. The van der Waals surface area contributed by atoms with Crippen molar-refractivity contribution in [2.45, 2.75) is 6.92 Å². The van der Waals surface area contributed by atoms with Crippen LogP contribution in [0.1, 0.15) is 6.92 Å². The molecule has 0 unspecified atom stereocenters. The Bertz CT molecular complexity index is 172. The average Bonchev–Trinajstić information content (AvgIpc) is 1.87. The second-order valence-corrected chi connectivity index (χ2v) is 2.57. The Morgan fingerprint density at radius 1 is 1.60 bits per heavy atom. The fraction of sp³-hybridized carbons (Fsp3) is 0.200. The van der Waals surface area contributed by atoms with Crippen molar-refractivity contribution in [1.82, 2.24) is 0 Å². The Labute approximate surface area is 69.1 Å². The molecule has 0 fully saturated rings. The van der Waals surface area contributed by atoms with E-state index in [1.807, 2.05) is 0 Å². The van der Waals surface area contributed by atoms with E-state index in [-0.39, 0.29) is 10.7 Å². The summed E-state index contributed by atoms with van der Waals surface area (Å²) in [4.78, 5) is 0. The maximum absolute atomic E-state index is 9.86. The number of allylic oxidation sites excluding steroid dienone is 2. The minimum absolute atomic E-state index is 0.169. The molecular weight excluding hydrogens is 175 g/mol. The first-order valence-electron chi connectivity index (χ1n) is 2.52. The van der Waals surface area contributed by atoms with Crippen LogP contribution >= 0.6 is 23.2 Å². The Balaban J connectivity index is 4.36. The highest BCUT2D eigenvalue weighted by molar-refractivity contribution is 6.35. The summed E-state index contributed by atoms with van der Waals surface area (Å²) in [5.74, 6) is 0. The molecule has 0 aromatic rings. The Kier molecular flexibility index (Phi) is 4.47. The normalized spacial score (nSPS) is 15.0. The summed E-state index contributed by atoms with van der Waals surface area (Å²) in [6, 6.07) is 0. The van der Waals surface area contributed by atoms with E-state index < -0.39 is 0 Å². The smallest absolute Gasteiger partial charge is 0.118 e. The average molecular weight is 183 g/mol. The molecule has 0 aromatic heterocycles. The highest BCUT2D eigenvalue weighted by Gasteiger charge is 1.99. The summed E-state index contributed by atoms with van der Waals surface area (Å²) in [5, 5.41) is 10.4. The summed E-state index contributed by atoms with van der Waals surface area (Å²) in [7, 11) is 0. The zero-order valence-electron chi connectivity index (χ0n) is 5.40. The number of hydrogen-bond donors (Lipinski definition) is 2. The second kappa shape index (κ2) is 4.57.